The van der Waals surface area contributed by atoms with Crippen LogP contribution < -0.4 is 0 Å². The fourth-order valence-corrected chi connectivity index (χ4v) is 2.67. The summed E-state index contributed by atoms with van der Waals surface area (Å²) in [6.07, 6.45) is 6.78. The van der Waals surface area contributed by atoms with Crippen LogP contribution in [-0.4, -0.2) is 32.5 Å². The molecular formula is C18H14N4O2. The van der Waals surface area contributed by atoms with Crippen molar-refractivity contribution in [3.8, 4) is 11.3 Å². The highest BCUT2D eigenvalue weighted by Gasteiger charge is 2.13. The zero-order valence-electron chi connectivity index (χ0n) is 13.0. The predicted molar refractivity (Wildman–Crippen MR) is 90.6 cm³/mol. The Labute approximate surface area is 137 Å². The first-order valence-electron chi connectivity index (χ1n) is 7.61. The number of aromatic nitrogens is 4. The molecule has 0 atom stereocenters. The van der Waals surface area contributed by atoms with E-state index in [0.29, 0.717) is 17.8 Å². The summed E-state index contributed by atoms with van der Waals surface area (Å²) in [5.41, 5.74) is 3.76. The van der Waals surface area contributed by atoms with Crippen molar-refractivity contribution in [1.29, 1.82) is 0 Å². The number of fused-ring (bicyclic) bond motifs is 3. The van der Waals surface area contributed by atoms with Crippen LogP contribution in [0.5, 0.6) is 0 Å². The number of carbonyl (C=O) groups is 1. The van der Waals surface area contributed by atoms with Crippen molar-refractivity contribution in [3.63, 3.8) is 0 Å². The Morgan fingerprint density at radius 3 is 2.88 bits per heavy atom. The molecule has 1 N–H and O–H groups in total. The van der Waals surface area contributed by atoms with Gasteiger partial charge < -0.3 is 9.72 Å². The van der Waals surface area contributed by atoms with E-state index in [1.807, 2.05) is 18.2 Å². The number of esters is 1. The standard InChI is InChI=1S/C18H14N4O2/c1-2-24-18(23)12-6-14-13-7-15(11-4-3-5-19-8-11)20-10-16(13)22-17(14)21-9-12/h3-10H,2H2,1H3,(H,21,22). The number of nitrogens with one attached hydrogen (secondary N) is 1. The number of H-pyrrole nitrogens is 1. The third kappa shape index (κ3) is 2.38. The van der Waals surface area contributed by atoms with Crippen molar-refractivity contribution in [3.05, 3.63) is 54.6 Å². The summed E-state index contributed by atoms with van der Waals surface area (Å²) in [5.74, 6) is -0.372. The van der Waals surface area contributed by atoms with Gasteiger partial charge in [-0.15, -0.1) is 0 Å². The summed E-state index contributed by atoms with van der Waals surface area (Å²) in [6, 6.07) is 7.60. The number of hydrogen-bond acceptors (Lipinski definition) is 5. The van der Waals surface area contributed by atoms with Gasteiger partial charge in [-0.25, -0.2) is 9.78 Å². The maximum absolute atomic E-state index is 11.9. The molecule has 118 valence electrons. The maximum Gasteiger partial charge on any atom is 0.339 e. The molecule has 4 rings (SSSR count). The Bertz CT molecular complexity index is 1040. The molecule has 6 nitrogen and oxygen atoms in total. The van der Waals surface area contributed by atoms with E-state index in [1.54, 1.807) is 31.6 Å². The number of nitrogens with zero attached hydrogens (tertiary/aromatic N) is 3. The second-order valence-electron chi connectivity index (χ2n) is 5.32. The molecule has 4 heterocycles. The van der Waals surface area contributed by atoms with Crippen LogP contribution in [0.2, 0.25) is 0 Å². The lowest BCUT2D eigenvalue weighted by molar-refractivity contribution is 0.0526. The van der Waals surface area contributed by atoms with E-state index in [2.05, 4.69) is 19.9 Å². The summed E-state index contributed by atoms with van der Waals surface area (Å²) in [4.78, 5) is 28.1. The van der Waals surface area contributed by atoms with Crippen molar-refractivity contribution in [1.82, 2.24) is 19.9 Å². The molecule has 0 unspecified atom stereocenters. The molecule has 24 heavy (non-hydrogen) atoms. The Kier molecular flexibility index (Phi) is 3.42. The first kappa shape index (κ1) is 14.3. The lowest BCUT2D eigenvalue weighted by atomic mass is 10.1. The number of aromatic amines is 1. The quantitative estimate of drug-likeness (QED) is 0.586. The molecule has 0 radical (unpaired) electrons. The Balaban J connectivity index is 1.89. The first-order chi connectivity index (χ1) is 11.8. The molecular weight excluding hydrogens is 304 g/mol. The topological polar surface area (TPSA) is 80.8 Å². The highest BCUT2D eigenvalue weighted by molar-refractivity contribution is 6.08. The lowest BCUT2D eigenvalue weighted by Gasteiger charge is -2.02. The Morgan fingerprint density at radius 2 is 2.08 bits per heavy atom. The molecule has 4 aromatic heterocycles. The van der Waals surface area contributed by atoms with Gasteiger partial charge in [0.15, 0.2) is 0 Å². The summed E-state index contributed by atoms with van der Waals surface area (Å²) < 4.78 is 5.05. The van der Waals surface area contributed by atoms with Gasteiger partial charge in [0.25, 0.3) is 0 Å². The maximum atomic E-state index is 11.9. The third-order valence-electron chi connectivity index (χ3n) is 3.80. The Hall–Kier alpha value is -3.28. The monoisotopic (exact) mass is 318 g/mol. The average Bonchev–Trinajstić information content (AvgIpc) is 2.99. The molecule has 0 bridgehead atoms. The molecule has 0 fully saturated rings. The molecule has 0 aliphatic rings. The molecule has 0 saturated carbocycles. The molecule has 0 saturated heterocycles. The minimum Gasteiger partial charge on any atom is -0.462 e. The van der Waals surface area contributed by atoms with Gasteiger partial charge in [-0.3, -0.25) is 9.97 Å². The SMILES string of the molecule is CCOC(=O)c1cnc2[nH]c3cnc(-c4cccnc4)cc3c2c1. The normalized spacial score (nSPS) is 11.0. The number of rotatable bonds is 3. The van der Waals surface area contributed by atoms with Gasteiger partial charge in [0, 0.05) is 34.9 Å². The molecule has 0 spiro atoms. The fourth-order valence-electron chi connectivity index (χ4n) is 2.67. The number of carbonyl (C=O) groups excluding carboxylic acids is 1. The van der Waals surface area contributed by atoms with E-state index in [9.17, 15) is 4.79 Å². The minimum atomic E-state index is -0.372. The van der Waals surface area contributed by atoms with E-state index in [4.69, 9.17) is 4.74 Å². The highest BCUT2D eigenvalue weighted by Crippen LogP contribution is 2.28. The van der Waals surface area contributed by atoms with Crippen LogP contribution in [0, 0.1) is 0 Å². The van der Waals surface area contributed by atoms with Crippen LogP contribution in [0.4, 0.5) is 0 Å². The summed E-state index contributed by atoms with van der Waals surface area (Å²) in [6.45, 7) is 2.11. The molecule has 4 aromatic rings. The molecule has 0 amide bonds. The van der Waals surface area contributed by atoms with Crippen molar-refractivity contribution < 1.29 is 9.53 Å². The van der Waals surface area contributed by atoms with Gasteiger partial charge in [0.05, 0.1) is 29.6 Å². The van der Waals surface area contributed by atoms with Gasteiger partial charge in [0.1, 0.15) is 5.65 Å². The third-order valence-corrected chi connectivity index (χ3v) is 3.80. The number of pyridine rings is 3. The first-order valence-corrected chi connectivity index (χ1v) is 7.61. The summed E-state index contributed by atoms with van der Waals surface area (Å²) >= 11 is 0. The van der Waals surface area contributed by atoms with E-state index < -0.39 is 0 Å². The zero-order valence-corrected chi connectivity index (χ0v) is 13.0. The van der Waals surface area contributed by atoms with E-state index >= 15 is 0 Å². The molecule has 6 heteroatoms. The molecule has 0 aliphatic heterocycles. The van der Waals surface area contributed by atoms with Crippen LogP contribution in [0.25, 0.3) is 33.2 Å². The van der Waals surface area contributed by atoms with Gasteiger partial charge in [-0.05, 0) is 31.2 Å². The van der Waals surface area contributed by atoms with Crippen molar-refractivity contribution in [2.45, 2.75) is 6.92 Å². The van der Waals surface area contributed by atoms with E-state index in [0.717, 1.165) is 27.5 Å². The largest absolute Gasteiger partial charge is 0.462 e. The van der Waals surface area contributed by atoms with Crippen LogP contribution in [0.1, 0.15) is 17.3 Å². The van der Waals surface area contributed by atoms with Gasteiger partial charge in [-0.1, -0.05) is 0 Å². The number of ether oxygens (including phenoxy) is 1. The lowest BCUT2D eigenvalue weighted by Crippen LogP contribution is -2.04. The van der Waals surface area contributed by atoms with Crippen molar-refractivity contribution in [2.24, 2.45) is 0 Å². The molecule has 0 aliphatic carbocycles. The van der Waals surface area contributed by atoms with Gasteiger partial charge in [0.2, 0.25) is 0 Å². The molecule has 0 aromatic carbocycles. The van der Waals surface area contributed by atoms with Crippen LogP contribution in [-0.2, 0) is 4.74 Å². The highest BCUT2D eigenvalue weighted by atomic mass is 16.5. The number of hydrogen-bond donors (Lipinski definition) is 1. The van der Waals surface area contributed by atoms with E-state index in [-0.39, 0.29) is 5.97 Å². The van der Waals surface area contributed by atoms with E-state index in [1.165, 1.54) is 6.20 Å². The fraction of sp³-hybridized carbons (Fsp3) is 0.111. The predicted octanol–water partition coefficient (Wildman–Crippen LogP) is 3.35. The summed E-state index contributed by atoms with van der Waals surface area (Å²) in [7, 11) is 0. The second kappa shape index (κ2) is 5.73. The van der Waals surface area contributed by atoms with Crippen LogP contribution in [0.15, 0.2) is 49.1 Å². The van der Waals surface area contributed by atoms with Crippen LogP contribution in [0.3, 0.4) is 0 Å². The van der Waals surface area contributed by atoms with Crippen molar-refractivity contribution in [2.75, 3.05) is 6.61 Å². The minimum absolute atomic E-state index is 0.333. The van der Waals surface area contributed by atoms with Crippen molar-refractivity contribution >= 4 is 27.9 Å². The van der Waals surface area contributed by atoms with Crippen LogP contribution >= 0.6 is 0 Å². The zero-order chi connectivity index (χ0) is 16.5. The average molecular weight is 318 g/mol. The van der Waals surface area contributed by atoms with Gasteiger partial charge in [-0.2, -0.15) is 0 Å². The second-order valence-corrected chi connectivity index (χ2v) is 5.32. The smallest absolute Gasteiger partial charge is 0.339 e. The summed E-state index contributed by atoms with van der Waals surface area (Å²) in [5, 5.41) is 1.82. The van der Waals surface area contributed by atoms with Gasteiger partial charge >= 0.3 is 5.97 Å². The Morgan fingerprint density at radius 1 is 1.17 bits per heavy atom.